The van der Waals surface area contributed by atoms with E-state index in [0.717, 1.165) is 5.56 Å². The first kappa shape index (κ1) is 16.6. The number of aromatic nitrogens is 3. The van der Waals surface area contributed by atoms with Crippen molar-refractivity contribution in [2.24, 2.45) is 5.92 Å². The third kappa shape index (κ3) is 3.04. The van der Waals surface area contributed by atoms with Gasteiger partial charge < -0.3 is 5.73 Å². The van der Waals surface area contributed by atoms with Crippen LogP contribution in [0.2, 0.25) is 0 Å². The number of nitrogens with zero attached hydrogens (tertiary/aromatic N) is 4. The first-order valence-electron chi connectivity index (χ1n) is 7.66. The summed E-state index contributed by atoms with van der Waals surface area (Å²) >= 11 is 0. The Morgan fingerprint density at radius 2 is 1.83 bits per heavy atom. The molecular formula is C15H19N5O3S. The molecule has 1 aromatic carbocycles. The summed E-state index contributed by atoms with van der Waals surface area (Å²) in [5, 5.41) is 7.20. The van der Waals surface area contributed by atoms with Crippen LogP contribution >= 0.6 is 0 Å². The van der Waals surface area contributed by atoms with Crippen molar-refractivity contribution in [2.45, 2.75) is 24.7 Å². The summed E-state index contributed by atoms with van der Waals surface area (Å²) in [6.07, 6.45) is 2.18. The van der Waals surface area contributed by atoms with Crippen LogP contribution in [0.25, 0.3) is 0 Å². The molecule has 1 aromatic heterocycles. The topological polar surface area (TPSA) is 111 Å². The molecule has 2 aromatic rings. The van der Waals surface area contributed by atoms with Crippen LogP contribution in [0, 0.1) is 12.8 Å². The number of aryl methyl sites for hydroxylation is 1. The van der Waals surface area contributed by atoms with Gasteiger partial charge in [0.2, 0.25) is 21.9 Å². The van der Waals surface area contributed by atoms with E-state index in [1.165, 1.54) is 15.2 Å². The molecule has 9 heteroatoms. The monoisotopic (exact) mass is 349 g/mol. The number of nitrogens with two attached hydrogens (primary N) is 1. The van der Waals surface area contributed by atoms with Gasteiger partial charge in [-0.2, -0.15) is 4.31 Å². The van der Waals surface area contributed by atoms with Crippen molar-refractivity contribution in [3.05, 3.63) is 36.2 Å². The highest BCUT2D eigenvalue weighted by Crippen LogP contribution is 2.25. The van der Waals surface area contributed by atoms with Crippen LogP contribution in [0.1, 0.15) is 23.2 Å². The number of piperidine rings is 1. The Hall–Kier alpha value is -2.26. The molecule has 0 saturated carbocycles. The summed E-state index contributed by atoms with van der Waals surface area (Å²) in [7, 11) is -3.52. The lowest BCUT2D eigenvalue weighted by Crippen LogP contribution is -2.41. The second-order valence-electron chi connectivity index (χ2n) is 5.89. The van der Waals surface area contributed by atoms with Crippen molar-refractivity contribution >= 4 is 21.9 Å². The third-order valence-corrected chi connectivity index (χ3v) is 6.19. The van der Waals surface area contributed by atoms with E-state index in [4.69, 9.17) is 5.73 Å². The van der Waals surface area contributed by atoms with Crippen LogP contribution in [0.15, 0.2) is 35.5 Å². The van der Waals surface area contributed by atoms with Gasteiger partial charge in [-0.15, -0.1) is 10.2 Å². The van der Waals surface area contributed by atoms with Crippen molar-refractivity contribution in [2.75, 3.05) is 18.8 Å². The standard InChI is InChI=1S/C15H19N5O3S/c1-11-2-4-13(5-3-11)24(22,23)19-8-6-12(7-9-19)14(21)20-10-17-18-15(20)16/h2-5,10,12H,6-9H2,1H3,(H2,16,18). The Morgan fingerprint density at radius 3 is 2.38 bits per heavy atom. The van der Waals surface area contributed by atoms with Crippen LogP contribution in [-0.4, -0.2) is 46.5 Å². The maximum atomic E-state index is 12.7. The second kappa shape index (κ2) is 6.33. The number of carbonyl (C=O) groups is 1. The minimum Gasteiger partial charge on any atom is -0.368 e. The maximum absolute atomic E-state index is 12.7. The molecule has 0 aliphatic carbocycles. The van der Waals surface area contributed by atoms with E-state index < -0.39 is 10.0 Å². The zero-order chi connectivity index (χ0) is 17.3. The molecule has 0 amide bonds. The predicted molar refractivity (Wildman–Crippen MR) is 87.7 cm³/mol. The Kier molecular flexibility index (Phi) is 4.37. The number of anilines is 1. The van der Waals surface area contributed by atoms with Crippen molar-refractivity contribution in [3.63, 3.8) is 0 Å². The Bertz CT molecular complexity index is 836. The largest absolute Gasteiger partial charge is 0.368 e. The minimum absolute atomic E-state index is 0.0507. The molecule has 128 valence electrons. The summed E-state index contributed by atoms with van der Waals surface area (Å²) in [5.41, 5.74) is 6.60. The molecule has 1 fully saturated rings. The first-order valence-corrected chi connectivity index (χ1v) is 9.10. The average molecular weight is 349 g/mol. The zero-order valence-electron chi connectivity index (χ0n) is 13.3. The molecule has 0 unspecified atom stereocenters. The maximum Gasteiger partial charge on any atom is 0.243 e. The van der Waals surface area contributed by atoms with Crippen LogP contribution in [0.3, 0.4) is 0 Å². The molecule has 0 radical (unpaired) electrons. The summed E-state index contributed by atoms with van der Waals surface area (Å²) in [6, 6.07) is 6.77. The van der Waals surface area contributed by atoms with Gasteiger partial charge in [0.15, 0.2) is 0 Å². The minimum atomic E-state index is -3.52. The van der Waals surface area contributed by atoms with E-state index in [9.17, 15) is 13.2 Å². The van der Waals surface area contributed by atoms with Gasteiger partial charge in [-0.3, -0.25) is 4.79 Å². The number of hydrogen-bond acceptors (Lipinski definition) is 6. The van der Waals surface area contributed by atoms with Crippen LogP contribution < -0.4 is 5.73 Å². The molecule has 1 aliphatic rings. The number of carbonyl (C=O) groups excluding carboxylic acids is 1. The van der Waals surface area contributed by atoms with Crippen molar-refractivity contribution in [1.82, 2.24) is 19.1 Å². The fourth-order valence-corrected chi connectivity index (χ4v) is 4.28. The van der Waals surface area contributed by atoms with Gasteiger partial charge >= 0.3 is 0 Å². The number of nitrogen functional groups attached to an aromatic ring is 1. The van der Waals surface area contributed by atoms with Gasteiger partial charge in [-0.05, 0) is 31.9 Å². The van der Waals surface area contributed by atoms with Crippen molar-refractivity contribution < 1.29 is 13.2 Å². The number of hydrogen-bond donors (Lipinski definition) is 1. The van der Waals surface area contributed by atoms with E-state index in [2.05, 4.69) is 10.2 Å². The molecule has 0 spiro atoms. The highest BCUT2D eigenvalue weighted by atomic mass is 32.2. The number of benzene rings is 1. The highest BCUT2D eigenvalue weighted by Gasteiger charge is 2.33. The summed E-state index contributed by atoms with van der Waals surface area (Å²) in [5.74, 6) is -0.424. The molecule has 24 heavy (non-hydrogen) atoms. The molecule has 2 heterocycles. The van der Waals surface area contributed by atoms with Gasteiger partial charge in [0.1, 0.15) is 6.33 Å². The normalized spacial score (nSPS) is 17.0. The van der Waals surface area contributed by atoms with Crippen molar-refractivity contribution in [3.8, 4) is 0 Å². The average Bonchev–Trinajstić information content (AvgIpc) is 3.01. The number of rotatable bonds is 3. The van der Waals surface area contributed by atoms with Gasteiger partial charge in [-0.25, -0.2) is 13.0 Å². The van der Waals surface area contributed by atoms with Gasteiger partial charge in [0.25, 0.3) is 0 Å². The highest BCUT2D eigenvalue weighted by molar-refractivity contribution is 7.89. The molecule has 3 rings (SSSR count). The van der Waals surface area contributed by atoms with E-state index in [1.54, 1.807) is 24.3 Å². The number of sulfonamides is 1. The van der Waals surface area contributed by atoms with Gasteiger partial charge in [0.05, 0.1) is 4.90 Å². The molecule has 1 saturated heterocycles. The lowest BCUT2D eigenvalue weighted by Gasteiger charge is -2.30. The van der Waals surface area contributed by atoms with E-state index in [0.29, 0.717) is 25.9 Å². The summed E-state index contributed by atoms with van der Waals surface area (Å²) < 4.78 is 28.0. The van der Waals surface area contributed by atoms with Crippen LogP contribution in [0.5, 0.6) is 0 Å². The Balaban J connectivity index is 1.69. The lowest BCUT2D eigenvalue weighted by molar-refractivity contribution is 0.0789. The molecule has 0 bridgehead atoms. The van der Waals surface area contributed by atoms with Crippen LogP contribution in [-0.2, 0) is 10.0 Å². The lowest BCUT2D eigenvalue weighted by atomic mass is 9.97. The Labute approximate surface area is 140 Å². The van der Waals surface area contributed by atoms with Gasteiger partial charge in [-0.1, -0.05) is 17.7 Å². The molecular weight excluding hydrogens is 330 g/mol. The van der Waals surface area contributed by atoms with E-state index >= 15 is 0 Å². The summed E-state index contributed by atoms with van der Waals surface area (Å²) in [4.78, 5) is 12.7. The van der Waals surface area contributed by atoms with Gasteiger partial charge in [0, 0.05) is 19.0 Å². The molecule has 1 aliphatic heterocycles. The summed E-state index contributed by atoms with van der Waals surface area (Å²) in [6.45, 7) is 2.51. The van der Waals surface area contributed by atoms with E-state index in [-0.39, 0.29) is 22.7 Å². The van der Waals surface area contributed by atoms with Crippen molar-refractivity contribution in [1.29, 1.82) is 0 Å². The fraction of sp³-hybridized carbons (Fsp3) is 0.400. The fourth-order valence-electron chi connectivity index (χ4n) is 2.81. The quantitative estimate of drug-likeness (QED) is 0.881. The first-order chi connectivity index (χ1) is 11.4. The van der Waals surface area contributed by atoms with E-state index in [1.807, 2.05) is 6.92 Å². The molecule has 0 atom stereocenters. The third-order valence-electron chi connectivity index (χ3n) is 4.27. The molecule has 8 nitrogen and oxygen atoms in total. The van der Waals surface area contributed by atoms with Crippen LogP contribution in [0.4, 0.5) is 5.95 Å². The Morgan fingerprint density at radius 1 is 1.21 bits per heavy atom. The molecule has 2 N–H and O–H groups in total. The smallest absolute Gasteiger partial charge is 0.243 e. The predicted octanol–water partition coefficient (Wildman–Crippen LogP) is 0.910. The second-order valence-corrected chi connectivity index (χ2v) is 7.83. The SMILES string of the molecule is Cc1ccc(S(=O)(=O)N2CCC(C(=O)n3cnnc3N)CC2)cc1. The zero-order valence-corrected chi connectivity index (χ0v) is 14.1.